The zero-order valence-corrected chi connectivity index (χ0v) is 9.80. The number of carbonyl (C=O) groups excluding carboxylic acids is 1. The first-order chi connectivity index (χ1) is 7.65. The van der Waals surface area contributed by atoms with Gasteiger partial charge in [0.25, 0.3) is 0 Å². The summed E-state index contributed by atoms with van der Waals surface area (Å²) >= 11 is 1.78. The highest BCUT2D eigenvalue weighted by Crippen LogP contribution is 2.36. The van der Waals surface area contributed by atoms with Crippen LogP contribution >= 0.6 is 11.8 Å². The molecule has 2 amide bonds. The van der Waals surface area contributed by atoms with Crippen molar-refractivity contribution < 1.29 is 4.79 Å². The number of rotatable bonds is 1. The summed E-state index contributed by atoms with van der Waals surface area (Å²) in [5.41, 5.74) is 10.4. The monoisotopic (exact) mass is 243 g/mol. The quantitative estimate of drug-likeness (QED) is 0.381. The van der Waals surface area contributed by atoms with Crippen LogP contribution in [-0.4, -0.2) is 28.8 Å². The molecule has 2 fully saturated rings. The largest absolute Gasteiger partial charge is 0.370 e. The van der Waals surface area contributed by atoms with Crippen molar-refractivity contribution in [1.29, 1.82) is 0 Å². The second-order valence-corrected chi connectivity index (χ2v) is 5.41. The molecule has 0 radical (unpaired) electrons. The van der Waals surface area contributed by atoms with Gasteiger partial charge in [0.05, 0.1) is 0 Å². The number of carbonyl (C=O) groups is 1. The molecular formula is C9H17N5OS. The molecule has 1 aliphatic heterocycles. The second-order valence-electron chi connectivity index (χ2n) is 4.09. The van der Waals surface area contributed by atoms with E-state index in [-0.39, 0.29) is 11.5 Å². The van der Waals surface area contributed by atoms with Crippen molar-refractivity contribution in [1.82, 2.24) is 10.6 Å². The minimum absolute atomic E-state index is 0.0556. The number of hydrogen-bond acceptors (Lipinski definition) is 4. The molecule has 6 N–H and O–H groups in total. The van der Waals surface area contributed by atoms with Gasteiger partial charge in [0.2, 0.25) is 0 Å². The topological polar surface area (TPSA) is 106 Å². The summed E-state index contributed by atoms with van der Waals surface area (Å²) in [7, 11) is 0. The van der Waals surface area contributed by atoms with Crippen molar-refractivity contribution in [3.05, 3.63) is 0 Å². The average molecular weight is 243 g/mol. The molecular weight excluding hydrogens is 226 g/mol. The standard InChI is InChI=1S/C9H17N5OS/c10-7(13-8(11)15)14-9-12-5-3-1-2-4-6(5)16-9/h5-6,9,12H,1-4H2,(H5,10,11,13,14,15). The van der Waals surface area contributed by atoms with Gasteiger partial charge < -0.3 is 11.5 Å². The fourth-order valence-electron chi connectivity index (χ4n) is 2.19. The summed E-state index contributed by atoms with van der Waals surface area (Å²) in [6.45, 7) is 0. The SMILES string of the molecule is NC(=O)NC(N)=NC1NC2CCCCC2S1. The van der Waals surface area contributed by atoms with Gasteiger partial charge in [0.15, 0.2) is 11.5 Å². The summed E-state index contributed by atoms with van der Waals surface area (Å²) in [5, 5.41) is 6.29. The first kappa shape index (κ1) is 11.5. The lowest BCUT2D eigenvalue weighted by molar-refractivity contribution is 0.253. The molecule has 1 saturated heterocycles. The minimum atomic E-state index is -0.679. The maximum absolute atomic E-state index is 10.6. The first-order valence-corrected chi connectivity index (χ1v) is 6.40. The lowest BCUT2D eigenvalue weighted by Crippen LogP contribution is -2.42. The summed E-state index contributed by atoms with van der Waals surface area (Å²) < 4.78 is 0. The summed E-state index contributed by atoms with van der Waals surface area (Å²) in [4.78, 5) is 14.7. The Bertz CT molecular complexity index is 294. The van der Waals surface area contributed by atoms with Gasteiger partial charge >= 0.3 is 6.03 Å². The molecule has 3 unspecified atom stereocenters. The smallest absolute Gasteiger partial charge is 0.318 e. The van der Waals surface area contributed by atoms with Crippen molar-refractivity contribution in [2.24, 2.45) is 16.5 Å². The van der Waals surface area contributed by atoms with E-state index < -0.39 is 6.03 Å². The minimum Gasteiger partial charge on any atom is -0.370 e. The normalized spacial score (nSPS) is 34.5. The van der Waals surface area contributed by atoms with Crippen molar-refractivity contribution >= 4 is 23.8 Å². The third-order valence-electron chi connectivity index (χ3n) is 2.87. The zero-order valence-electron chi connectivity index (χ0n) is 8.98. The van der Waals surface area contributed by atoms with Crippen LogP contribution < -0.4 is 22.1 Å². The van der Waals surface area contributed by atoms with Gasteiger partial charge in [-0.1, -0.05) is 12.8 Å². The Kier molecular flexibility index (Phi) is 3.55. The third-order valence-corrected chi connectivity index (χ3v) is 4.28. The highest BCUT2D eigenvalue weighted by Gasteiger charge is 2.35. The van der Waals surface area contributed by atoms with Gasteiger partial charge in [-0.15, -0.1) is 11.8 Å². The van der Waals surface area contributed by atoms with Crippen LogP contribution in [0.3, 0.4) is 0 Å². The maximum atomic E-state index is 10.6. The van der Waals surface area contributed by atoms with E-state index in [2.05, 4.69) is 15.6 Å². The van der Waals surface area contributed by atoms with Crippen molar-refractivity contribution in [2.75, 3.05) is 0 Å². The van der Waals surface area contributed by atoms with Crippen LogP contribution in [0.25, 0.3) is 0 Å². The molecule has 0 spiro atoms. The van der Waals surface area contributed by atoms with Gasteiger partial charge in [-0.3, -0.25) is 10.6 Å². The number of fused-ring (bicyclic) bond motifs is 1. The number of nitrogens with zero attached hydrogens (tertiary/aromatic N) is 1. The van der Waals surface area contributed by atoms with Gasteiger partial charge in [-0.2, -0.15) is 0 Å². The fourth-order valence-corrected chi connectivity index (χ4v) is 3.66. The predicted molar refractivity (Wildman–Crippen MR) is 64.9 cm³/mol. The van der Waals surface area contributed by atoms with E-state index in [0.29, 0.717) is 11.3 Å². The van der Waals surface area contributed by atoms with E-state index >= 15 is 0 Å². The highest BCUT2D eigenvalue weighted by atomic mass is 32.2. The fraction of sp³-hybridized carbons (Fsp3) is 0.778. The average Bonchev–Trinajstić information content (AvgIpc) is 2.57. The predicted octanol–water partition coefficient (Wildman–Crippen LogP) is -0.0994. The van der Waals surface area contributed by atoms with Gasteiger partial charge in [0, 0.05) is 11.3 Å². The highest BCUT2D eigenvalue weighted by molar-refractivity contribution is 8.00. The number of hydrogen-bond donors (Lipinski definition) is 4. The molecule has 0 aromatic heterocycles. The van der Waals surface area contributed by atoms with E-state index in [1.807, 2.05) is 0 Å². The third kappa shape index (κ3) is 2.79. The zero-order chi connectivity index (χ0) is 11.5. The lowest BCUT2D eigenvalue weighted by atomic mass is 9.95. The van der Waals surface area contributed by atoms with Gasteiger partial charge in [-0.25, -0.2) is 9.79 Å². The molecule has 16 heavy (non-hydrogen) atoms. The Labute approximate surface area is 98.6 Å². The van der Waals surface area contributed by atoms with Crippen molar-refractivity contribution in [3.63, 3.8) is 0 Å². The molecule has 0 aromatic carbocycles. The molecule has 0 bridgehead atoms. The molecule has 2 rings (SSSR count). The number of amides is 2. The molecule has 6 nitrogen and oxygen atoms in total. The number of guanidine groups is 1. The molecule has 0 aromatic rings. The number of nitrogens with one attached hydrogen (secondary N) is 2. The van der Waals surface area contributed by atoms with Crippen LogP contribution in [0.5, 0.6) is 0 Å². The Morgan fingerprint density at radius 2 is 2.12 bits per heavy atom. The van der Waals surface area contributed by atoms with Crippen molar-refractivity contribution in [2.45, 2.75) is 42.5 Å². The molecule has 7 heteroatoms. The Balaban J connectivity index is 1.90. The van der Waals surface area contributed by atoms with E-state index in [0.717, 1.165) is 0 Å². The molecule has 1 heterocycles. The van der Waals surface area contributed by atoms with Crippen molar-refractivity contribution in [3.8, 4) is 0 Å². The van der Waals surface area contributed by atoms with E-state index in [4.69, 9.17) is 11.5 Å². The lowest BCUT2D eigenvalue weighted by Gasteiger charge is -2.22. The van der Waals surface area contributed by atoms with Crippen LogP contribution in [0.1, 0.15) is 25.7 Å². The van der Waals surface area contributed by atoms with E-state index in [9.17, 15) is 4.79 Å². The number of aliphatic imine (C=N–C) groups is 1. The van der Waals surface area contributed by atoms with Crippen LogP contribution in [0, 0.1) is 0 Å². The summed E-state index contributed by atoms with van der Waals surface area (Å²) in [6.07, 6.45) is 5.01. The summed E-state index contributed by atoms with van der Waals surface area (Å²) in [6, 6.07) is -0.143. The first-order valence-electron chi connectivity index (χ1n) is 5.46. The summed E-state index contributed by atoms with van der Waals surface area (Å²) in [5.74, 6) is 0.0798. The van der Waals surface area contributed by atoms with E-state index in [1.54, 1.807) is 11.8 Å². The molecule has 2 aliphatic rings. The number of thioether (sulfide) groups is 1. The Hall–Kier alpha value is -0.950. The van der Waals surface area contributed by atoms with Crippen LogP contribution in [0.4, 0.5) is 4.79 Å². The van der Waals surface area contributed by atoms with Crippen LogP contribution in [0.15, 0.2) is 4.99 Å². The Morgan fingerprint density at radius 1 is 1.38 bits per heavy atom. The van der Waals surface area contributed by atoms with Gasteiger partial charge in [0.1, 0.15) is 0 Å². The van der Waals surface area contributed by atoms with Gasteiger partial charge in [-0.05, 0) is 12.8 Å². The molecule has 90 valence electrons. The number of nitrogens with two attached hydrogens (primary N) is 2. The van der Waals surface area contributed by atoms with Crippen LogP contribution in [-0.2, 0) is 0 Å². The maximum Gasteiger partial charge on any atom is 0.318 e. The molecule has 1 saturated carbocycles. The van der Waals surface area contributed by atoms with Crippen LogP contribution in [0.2, 0.25) is 0 Å². The molecule has 3 atom stereocenters. The number of urea groups is 1. The number of primary amides is 1. The Morgan fingerprint density at radius 3 is 2.81 bits per heavy atom. The van der Waals surface area contributed by atoms with E-state index in [1.165, 1.54) is 25.7 Å². The molecule has 1 aliphatic carbocycles. The second kappa shape index (κ2) is 4.92.